The first-order chi connectivity index (χ1) is 6.01. The predicted octanol–water partition coefficient (Wildman–Crippen LogP) is 1.21. The van der Waals surface area contributed by atoms with Crippen LogP contribution in [0.15, 0.2) is 0 Å². The van der Waals surface area contributed by atoms with Gasteiger partial charge in [-0.15, -0.1) is 0 Å². The average molecular weight is 203 g/mol. The number of hydrogen-bond donors (Lipinski definition) is 0. The van der Waals surface area contributed by atoms with Crippen molar-refractivity contribution in [3.8, 4) is 0 Å². The van der Waals surface area contributed by atoms with Crippen LogP contribution in [0.2, 0.25) is 0 Å². The lowest BCUT2D eigenvalue weighted by Gasteiger charge is -2.20. The summed E-state index contributed by atoms with van der Waals surface area (Å²) in [6, 6.07) is 0.223. The Morgan fingerprint density at radius 1 is 1.23 bits per heavy atom. The maximum absolute atomic E-state index is 11.9. The van der Waals surface area contributed by atoms with Gasteiger partial charge < -0.3 is 0 Å². The van der Waals surface area contributed by atoms with Crippen LogP contribution in [0.1, 0.15) is 33.1 Å². The largest absolute Gasteiger partial charge is 0.217 e. The number of sulfonamides is 1. The van der Waals surface area contributed by atoms with Crippen LogP contribution in [-0.4, -0.2) is 30.6 Å². The van der Waals surface area contributed by atoms with Gasteiger partial charge in [0.05, 0.1) is 5.25 Å². The van der Waals surface area contributed by atoms with E-state index in [1.165, 1.54) is 0 Å². The Kier molecular flexibility index (Phi) is 2.15. The van der Waals surface area contributed by atoms with E-state index in [-0.39, 0.29) is 11.3 Å². The van der Waals surface area contributed by atoms with Crippen molar-refractivity contribution >= 4 is 10.0 Å². The number of nitrogens with zero attached hydrogens (tertiary/aromatic N) is 1. The molecule has 2 rings (SSSR count). The topological polar surface area (TPSA) is 37.4 Å². The standard InChI is InChI=1S/C9H17NO2S/c1-7-5-8(2)10(6-7)13(11,12)9-3-4-9/h7-9H,3-6H2,1-2H3. The van der Waals surface area contributed by atoms with Crippen LogP contribution in [0.4, 0.5) is 0 Å². The summed E-state index contributed by atoms with van der Waals surface area (Å²) in [5, 5.41) is -0.0414. The zero-order chi connectivity index (χ0) is 9.64. The Morgan fingerprint density at radius 3 is 2.23 bits per heavy atom. The lowest BCUT2D eigenvalue weighted by molar-refractivity contribution is 0.404. The second-order valence-corrected chi connectivity index (χ2v) is 6.67. The molecule has 1 aliphatic carbocycles. The first-order valence-electron chi connectivity index (χ1n) is 5.02. The molecule has 3 nitrogen and oxygen atoms in total. The normalized spacial score (nSPS) is 36.8. The first-order valence-corrected chi connectivity index (χ1v) is 6.53. The summed E-state index contributed by atoms with van der Waals surface area (Å²) in [6.07, 6.45) is 2.77. The molecule has 0 amide bonds. The van der Waals surface area contributed by atoms with Gasteiger partial charge in [-0.1, -0.05) is 6.92 Å². The van der Waals surface area contributed by atoms with Gasteiger partial charge in [0.1, 0.15) is 0 Å². The van der Waals surface area contributed by atoms with Gasteiger partial charge in [-0.05, 0) is 32.1 Å². The van der Waals surface area contributed by atoms with E-state index in [2.05, 4.69) is 6.92 Å². The molecule has 1 heterocycles. The van der Waals surface area contributed by atoms with Gasteiger partial charge in [0, 0.05) is 12.6 Å². The molecule has 2 unspecified atom stereocenters. The molecule has 1 saturated heterocycles. The van der Waals surface area contributed by atoms with E-state index in [1.54, 1.807) is 4.31 Å². The smallest absolute Gasteiger partial charge is 0.212 e. The molecule has 2 atom stereocenters. The van der Waals surface area contributed by atoms with Crippen molar-refractivity contribution in [1.29, 1.82) is 0 Å². The minimum absolute atomic E-state index is 0.0414. The van der Waals surface area contributed by atoms with Crippen molar-refractivity contribution in [2.75, 3.05) is 6.54 Å². The van der Waals surface area contributed by atoms with Crippen molar-refractivity contribution < 1.29 is 8.42 Å². The predicted molar refractivity (Wildman–Crippen MR) is 51.9 cm³/mol. The fourth-order valence-electron chi connectivity index (χ4n) is 2.17. The third kappa shape index (κ3) is 1.62. The van der Waals surface area contributed by atoms with Crippen LogP contribution < -0.4 is 0 Å². The van der Waals surface area contributed by atoms with Crippen LogP contribution in [0.3, 0.4) is 0 Å². The van der Waals surface area contributed by atoms with E-state index < -0.39 is 10.0 Å². The maximum atomic E-state index is 11.9. The van der Waals surface area contributed by atoms with Gasteiger partial charge in [-0.25, -0.2) is 8.42 Å². The van der Waals surface area contributed by atoms with E-state index in [1.807, 2.05) is 6.92 Å². The Morgan fingerprint density at radius 2 is 1.85 bits per heavy atom. The molecule has 4 heteroatoms. The summed E-state index contributed by atoms with van der Waals surface area (Å²) in [5.74, 6) is 0.531. The average Bonchev–Trinajstić information content (AvgIpc) is 2.78. The van der Waals surface area contributed by atoms with Gasteiger partial charge in [-0.3, -0.25) is 0 Å². The fourth-order valence-corrected chi connectivity index (χ4v) is 4.34. The van der Waals surface area contributed by atoms with Crippen LogP contribution in [0, 0.1) is 5.92 Å². The molecule has 76 valence electrons. The summed E-state index contributed by atoms with van der Waals surface area (Å²) in [5.41, 5.74) is 0. The zero-order valence-corrected chi connectivity index (χ0v) is 9.05. The molecule has 0 aromatic carbocycles. The second-order valence-electron chi connectivity index (χ2n) is 4.50. The van der Waals surface area contributed by atoms with E-state index in [0.717, 1.165) is 25.8 Å². The first kappa shape index (κ1) is 9.46. The maximum Gasteiger partial charge on any atom is 0.217 e. The monoisotopic (exact) mass is 203 g/mol. The summed E-state index contributed by atoms with van der Waals surface area (Å²) >= 11 is 0. The Balaban J connectivity index is 2.16. The van der Waals surface area contributed by atoms with E-state index >= 15 is 0 Å². The molecule has 2 fully saturated rings. The third-order valence-corrected chi connectivity index (χ3v) is 5.48. The van der Waals surface area contributed by atoms with Gasteiger partial charge in [-0.2, -0.15) is 4.31 Å². The third-order valence-electron chi connectivity index (χ3n) is 3.00. The van der Waals surface area contributed by atoms with Crippen LogP contribution in [0.5, 0.6) is 0 Å². The molecule has 0 aromatic rings. The van der Waals surface area contributed by atoms with Crippen LogP contribution in [-0.2, 0) is 10.0 Å². The Bertz CT molecular complexity index is 295. The van der Waals surface area contributed by atoms with Crippen molar-refractivity contribution in [2.24, 2.45) is 5.92 Å². The van der Waals surface area contributed by atoms with Crippen LogP contribution >= 0.6 is 0 Å². The molecule has 0 aromatic heterocycles. The lowest BCUT2D eigenvalue weighted by atomic mass is 10.1. The number of hydrogen-bond acceptors (Lipinski definition) is 2. The minimum atomic E-state index is -2.91. The molecule has 0 spiro atoms. The molecular weight excluding hydrogens is 186 g/mol. The highest BCUT2D eigenvalue weighted by Gasteiger charge is 2.44. The van der Waals surface area contributed by atoms with E-state index in [0.29, 0.717) is 5.92 Å². The molecule has 0 N–H and O–H groups in total. The summed E-state index contributed by atoms with van der Waals surface area (Å²) in [7, 11) is -2.91. The minimum Gasteiger partial charge on any atom is -0.212 e. The molecule has 1 saturated carbocycles. The highest BCUT2D eigenvalue weighted by molar-refractivity contribution is 7.90. The summed E-state index contributed by atoms with van der Waals surface area (Å²) < 4.78 is 25.5. The van der Waals surface area contributed by atoms with Crippen molar-refractivity contribution in [2.45, 2.75) is 44.4 Å². The molecule has 0 bridgehead atoms. The highest BCUT2D eigenvalue weighted by atomic mass is 32.2. The second kappa shape index (κ2) is 2.95. The summed E-state index contributed by atoms with van der Waals surface area (Å²) in [4.78, 5) is 0. The zero-order valence-electron chi connectivity index (χ0n) is 8.23. The van der Waals surface area contributed by atoms with E-state index in [4.69, 9.17) is 0 Å². The highest BCUT2D eigenvalue weighted by Crippen LogP contribution is 2.35. The Hall–Kier alpha value is -0.0900. The molecule has 13 heavy (non-hydrogen) atoms. The molecule has 0 radical (unpaired) electrons. The molecule has 1 aliphatic heterocycles. The van der Waals surface area contributed by atoms with Gasteiger partial charge in [0.2, 0.25) is 10.0 Å². The molecular formula is C9H17NO2S. The SMILES string of the molecule is CC1CC(C)N(S(=O)(=O)C2CC2)C1. The van der Waals surface area contributed by atoms with Crippen LogP contribution in [0.25, 0.3) is 0 Å². The quantitative estimate of drug-likeness (QED) is 0.676. The molecule has 2 aliphatic rings. The van der Waals surface area contributed by atoms with Gasteiger partial charge in [0.15, 0.2) is 0 Å². The Labute approximate surface area is 80.2 Å². The summed E-state index contributed by atoms with van der Waals surface area (Å²) in [6.45, 7) is 4.88. The van der Waals surface area contributed by atoms with Gasteiger partial charge >= 0.3 is 0 Å². The fraction of sp³-hybridized carbons (Fsp3) is 1.00. The van der Waals surface area contributed by atoms with Crippen molar-refractivity contribution in [3.05, 3.63) is 0 Å². The lowest BCUT2D eigenvalue weighted by Crippen LogP contribution is -2.36. The van der Waals surface area contributed by atoms with Crippen molar-refractivity contribution in [3.63, 3.8) is 0 Å². The van der Waals surface area contributed by atoms with Gasteiger partial charge in [0.25, 0.3) is 0 Å². The van der Waals surface area contributed by atoms with Crippen molar-refractivity contribution in [1.82, 2.24) is 4.31 Å². The number of rotatable bonds is 2. The van der Waals surface area contributed by atoms with E-state index in [9.17, 15) is 8.42 Å².